The number of hydrogen-bond acceptors (Lipinski definition) is 2. The molecule has 0 atom stereocenters. The van der Waals surface area contributed by atoms with Gasteiger partial charge in [-0.3, -0.25) is 0 Å². The smallest absolute Gasteiger partial charge is 0.139 e. The van der Waals surface area contributed by atoms with Crippen LogP contribution in [0, 0.1) is 0 Å². The molecule has 0 radical (unpaired) electrons. The van der Waals surface area contributed by atoms with Gasteiger partial charge in [0.25, 0.3) is 0 Å². The Morgan fingerprint density at radius 1 is 0.241 bits per heavy atom. The number of rotatable bonds is 4. The molecule has 4 nitrogen and oxygen atoms in total. The summed E-state index contributed by atoms with van der Waals surface area (Å²) in [6, 6.07) is 69.8. The van der Waals surface area contributed by atoms with E-state index in [0.29, 0.717) is 0 Å². The van der Waals surface area contributed by atoms with E-state index in [9.17, 15) is 0 Å². The van der Waals surface area contributed by atoms with Crippen LogP contribution in [-0.4, -0.2) is 9.13 Å². The number of hydrogen-bond donors (Lipinski definition) is 0. The number of para-hydroxylation sites is 3. The van der Waals surface area contributed by atoms with Crippen molar-refractivity contribution >= 4 is 87.5 Å². The first-order valence-electron chi connectivity index (χ1n) is 19.7. The molecule has 0 saturated heterocycles. The lowest BCUT2D eigenvalue weighted by Crippen LogP contribution is -1.94. The predicted octanol–water partition coefficient (Wildman–Crippen LogP) is 15.0. The van der Waals surface area contributed by atoms with E-state index in [1.165, 1.54) is 54.8 Å². The molecule has 270 valence electrons. The highest BCUT2D eigenvalue weighted by Crippen LogP contribution is 2.41. The Kier molecular flexibility index (Phi) is 6.41. The normalized spacial score (nSPS) is 12.1. The summed E-state index contributed by atoms with van der Waals surface area (Å²) in [6.45, 7) is 0. The summed E-state index contributed by atoms with van der Waals surface area (Å²) in [7, 11) is 0. The first-order chi connectivity index (χ1) is 28.7. The van der Waals surface area contributed by atoms with E-state index in [2.05, 4.69) is 185 Å². The number of fused-ring (bicyclic) bond motifs is 12. The van der Waals surface area contributed by atoms with Gasteiger partial charge < -0.3 is 18.0 Å². The minimum atomic E-state index is 0.825. The zero-order chi connectivity index (χ0) is 37.9. The fourth-order valence-electron chi connectivity index (χ4n) is 9.44. The molecule has 0 bridgehead atoms. The lowest BCUT2D eigenvalue weighted by atomic mass is 10.0. The van der Waals surface area contributed by atoms with Crippen molar-refractivity contribution in [3.63, 3.8) is 0 Å². The zero-order valence-electron chi connectivity index (χ0n) is 31.2. The van der Waals surface area contributed by atoms with Gasteiger partial charge in [0.1, 0.15) is 22.3 Å². The zero-order valence-corrected chi connectivity index (χ0v) is 31.2. The van der Waals surface area contributed by atoms with E-state index in [4.69, 9.17) is 8.83 Å². The van der Waals surface area contributed by atoms with E-state index in [0.717, 1.165) is 66.3 Å². The van der Waals surface area contributed by atoms with Crippen LogP contribution in [0.3, 0.4) is 0 Å². The van der Waals surface area contributed by atoms with Crippen molar-refractivity contribution in [3.05, 3.63) is 194 Å². The Labute approximate surface area is 332 Å². The van der Waals surface area contributed by atoms with E-state index >= 15 is 0 Å². The molecule has 4 heterocycles. The fourth-order valence-corrected chi connectivity index (χ4v) is 9.44. The van der Waals surface area contributed by atoms with Gasteiger partial charge in [0.15, 0.2) is 0 Å². The highest BCUT2D eigenvalue weighted by Gasteiger charge is 2.18. The third-order valence-corrected chi connectivity index (χ3v) is 12.1. The lowest BCUT2D eigenvalue weighted by Gasteiger charge is -2.11. The van der Waals surface area contributed by atoms with Crippen LogP contribution in [0.15, 0.2) is 203 Å². The van der Waals surface area contributed by atoms with Gasteiger partial charge in [-0.25, -0.2) is 0 Å². The highest BCUT2D eigenvalue weighted by molar-refractivity contribution is 6.16. The molecule has 0 fully saturated rings. The number of aromatic nitrogens is 2. The van der Waals surface area contributed by atoms with Crippen molar-refractivity contribution in [2.75, 3.05) is 0 Å². The maximum atomic E-state index is 6.54. The molecule has 0 N–H and O–H groups in total. The molecule has 0 unspecified atom stereocenters. The second-order valence-electron chi connectivity index (χ2n) is 15.3. The monoisotopic (exact) mass is 740 g/mol. The number of nitrogens with zero attached hydrogens (tertiary/aromatic N) is 2. The summed E-state index contributed by atoms with van der Waals surface area (Å²) in [6.07, 6.45) is 0. The topological polar surface area (TPSA) is 36.1 Å². The summed E-state index contributed by atoms with van der Waals surface area (Å²) >= 11 is 0. The molecule has 13 aromatic rings. The van der Waals surface area contributed by atoms with Crippen molar-refractivity contribution in [3.8, 4) is 33.6 Å². The molecule has 9 aromatic carbocycles. The average Bonchev–Trinajstić information content (AvgIpc) is 4.02. The van der Waals surface area contributed by atoms with Crippen molar-refractivity contribution in [2.24, 2.45) is 0 Å². The van der Waals surface area contributed by atoms with Gasteiger partial charge in [-0.05, 0) is 95.1 Å². The molecule has 4 heteroatoms. The standard InChI is InChI=1S/C54H32N2O2/c1-2-11-33(12-3-1)34-13-10-14-37(27-34)55-47-18-7-4-15-39(47)43-28-35(21-25-49(43)55)36-22-26-50-44(29-36)40-16-5-8-19-48(40)56(50)38-23-24-42-46-31-45-41-17-6-9-20-51(41)57-53(45)32-54(46)58-52(42)30-38/h1-32H. The second-order valence-corrected chi connectivity index (χ2v) is 15.3. The van der Waals surface area contributed by atoms with Gasteiger partial charge in [-0.1, -0.05) is 109 Å². The fraction of sp³-hybridized carbons (Fsp3) is 0. The van der Waals surface area contributed by atoms with Crippen LogP contribution >= 0.6 is 0 Å². The predicted molar refractivity (Wildman–Crippen MR) is 241 cm³/mol. The maximum Gasteiger partial charge on any atom is 0.139 e. The van der Waals surface area contributed by atoms with Crippen LogP contribution in [0.5, 0.6) is 0 Å². The van der Waals surface area contributed by atoms with Crippen LogP contribution in [0.25, 0.3) is 121 Å². The number of furan rings is 2. The summed E-state index contributed by atoms with van der Waals surface area (Å²) in [5, 5.41) is 9.31. The Hall–Kier alpha value is -7.82. The van der Waals surface area contributed by atoms with Crippen LogP contribution < -0.4 is 0 Å². The van der Waals surface area contributed by atoms with Gasteiger partial charge in [0.05, 0.1) is 22.1 Å². The van der Waals surface area contributed by atoms with Gasteiger partial charge in [0, 0.05) is 66.6 Å². The number of benzene rings is 9. The van der Waals surface area contributed by atoms with Crippen LogP contribution in [0.1, 0.15) is 0 Å². The minimum absolute atomic E-state index is 0.825. The minimum Gasteiger partial charge on any atom is -0.456 e. The first kappa shape index (κ1) is 31.4. The molecule has 58 heavy (non-hydrogen) atoms. The second kappa shape index (κ2) is 11.8. The molecule has 0 spiro atoms. The van der Waals surface area contributed by atoms with Crippen molar-refractivity contribution < 1.29 is 8.83 Å². The van der Waals surface area contributed by atoms with Crippen LogP contribution in [-0.2, 0) is 0 Å². The van der Waals surface area contributed by atoms with E-state index < -0.39 is 0 Å². The molecule has 0 saturated carbocycles. The quantitative estimate of drug-likeness (QED) is 0.180. The Balaban J connectivity index is 0.942. The summed E-state index contributed by atoms with van der Waals surface area (Å²) in [4.78, 5) is 0. The van der Waals surface area contributed by atoms with E-state index in [1.807, 2.05) is 18.2 Å². The molecule has 0 amide bonds. The Morgan fingerprint density at radius 3 is 1.43 bits per heavy atom. The molecule has 0 aliphatic carbocycles. The SMILES string of the molecule is c1ccc(-c2cccc(-n3c4ccccc4c4cc(-c5ccc6c(c5)c5ccccc5n6-c5ccc6c(c5)oc5cc7oc8ccccc8c7cc56)ccc43)c2)cc1. The Bertz CT molecular complexity index is 3800. The molecular weight excluding hydrogens is 709 g/mol. The molecule has 13 rings (SSSR count). The van der Waals surface area contributed by atoms with Crippen molar-refractivity contribution in [2.45, 2.75) is 0 Å². The average molecular weight is 741 g/mol. The molecule has 0 aliphatic rings. The van der Waals surface area contributed by atoms with Gasteiger partial charge in [-0.2, -0.15) is 0 Å². The van der Waals surface area contributed by atoms with Gasteiger partial charge in [-0.15, -0.1) is 0 Å². The molecular formula is C54H32N2O2. The largest absolute Gasteiger partial charge is 0.456 e. The lowest BCUT2D eigenvalue weighted by molar-refractivity contribution is 0.656. The van der Waals surface area contributed by atoms with Crippen LogP contribution in [0.2, 0.25) is 0 Å². The van der Waals surface area contributed by atoms with E-state index in [1.54, 1.807) is 0 Å². The molecule has 0 aliphatic heterocycles. The highest BCUT2D eigenvalue weighted by atomic mass is 16.3. The summed E-state index contributed by atoms with van der Waals surface area (Å²) in [5.41, 5.74) is 15.1. The first-order valence-corrected chi connectivity index (χ1v) is 19.7. The summed E-state index contributed by atoms with van der Waals surface area (Å²) < 4.78 is 17.5. The van der Waals surface area contributed by atoms with Crippen molar-refractivity contribution in [1.29, 1.82) is 0 Å². The van der Waals surface area contributed by atoms with E-state index in [-0.39, 0.29) is 0 Å². The van der Waals surface area contributed by atoms with Gasteiger partial charge >= 0.3 is 0 Å². The maximum absolute atomic E-state index is 6.54. The van der Waals surface area contributed by atoms with Gasteiger partial charge in [0.2, 0.25) is 0 Å². The molecule has 4 aromatic heterocycles. The Morgan fingerprint density at radius 2 is 0.741 bits per heavy atom. The summed E-state index contributed by atoms with van der Waals surface area (Å²) in [5.74, 6) is 0. The third-order valence-electron chi connectivity index (χ3n) is 12.1. The van der Waals surface area contributed by atoms with Crippen LogP contribution in [0.4, 0.5) is 0 Å². The third kappa shape index (κ3) is 4.51. The van der Waals surface area contributed by atoms with Crippen molar-refractivity contribution in [1.82, 2.24) is 9.13 Å².